The molecule has 2 aromatic heterocycles. The first-order chi connectivity index (χ1) is 9.74. The monoisotopic (exact) mass is 271 g/mol. The van der Waals surface area contributed by atoms with E-state index in [0.29, 0.717) is 11.1 Å². The molecule has 2 heterocycles. The molecular formula is C15H13NO4. The number of hydrogen-bond donors (Lipinski definition) is 2. The number of para-hydroxylation sites is 1. The molecule has 0 saturated carbocycles. The fourth-order valence-corrected chi connectivity index (χ4v) is 1.95. The standard InChI is InChI=1S/C15H13NO4/c17-12(11-5-6-19-9-11)8-16-15(18)14-7-10-3-1-2-4-13(10)20-14/h1-7,9,12,17H,8H2,(H,16,18)/t12-/m1/s1. The highest BCUT2D eigenvalue weighted by atomic mass is 16.3. The number of hydrogen-bond acceptors (Lipinski definition) is 4. The van der Waals surface area contributed by atoms with Crippen molar-refractivity contribution in [1.29, 1.82) is 0 Å². The smallest absolute Gasteiger partial charge is 0.287 e. The molecule has 102 valence electrons. The maximum absolute atomic E-state index is 11.9. The van der Waals surface area contributed by atoms with E-state index in [9.17, 15) is 9.90 Å². The summed E-state index contributed by atoms with van der Waals surface area (Å²) in [6.45, 7) is 0.0927. The van der Waals surface area contributed by atoms with Crippen LogP contribution >= 0.6 is 0 Å². The molecule has 3 aromatic rings. The fourth-order valence-electron chi connectivity index (χ4n) is 1.95. The van der Waals surface area contributed by atoms with E-state index in [1.807, 2.05) is 18.2 Å². The fraction of sp³-hybridized carbons (Fsp3) is 0.133. The number of carbonyl (C=O) groups excluding carboxylic acids is 1. The van der Waals surface area contributed by atoms with Crippen molar-refractivity contribution in [2.75, 3.05) is 6.54 Å². The molecule has 0 bridgehead atoms. The van der Waals surface area contributed by atoms with Crippen molar-refractivity contribution in [3.63, 3.8) is 0 Å². The van der Waals surface area contributed by atoms with Crippen molar-refractivity contribution in [3.05, 3.63) is 60.2 Å². The molecule has 0 aliphatic heterocycles. The van der Waals surface area contributed by atoms with E-state index in [2.05, 4.69) is 5.32 Å². The molecule has 20 heavy (non-hydrogen) atoms. The van der Waals surface area contributed by atoms with Gasteiger partial charge in [-0.05, 0) is 18.2 Å². The lowest BCUT2D eigenvalue weighted by Crippen LogP contribution is -2.27. The van der Waals surface area contributed by atoms with Crippen molar-refractivity contribution >= 4 is 16.9 Å². The van der Waals surface area contributed by atoms with Crippen LogP contribution in [0.15, 0.2) is 57.8 Å². The molecule has 3 rings (SSSR count). The minimum atomic E-state index is -0.804. The number of nitrogens with one attached hydrogen (secondary N) is 1. The maximum Gasteiger partial charge on any atom is 0.287 e. The van der Waals surface area contributed by atoms with Crippen LogP contribution in [0, 0.1) is 0 Å². The molecule has 0 fully saturated rings. The van der Waals surface area contributed by atoms with Crippen LogP contribution in [0.3, 0.4) is 0 Å². The lowest BCUT2D eigenvalue weighted by Gasteiger charge is -2.08. The number of fused-ring (bicyclic) bond motifs is 1. The maximum atomic E-state index is 11.9. The van der Waals surface area contributed by atoms with Crippen molar-refractivity contribution in [1.82, 2.24) is 5.32 Å². The summed E-state index contributed by atoms with van der Waals surface area (Å²) in [5, 5.41) is 13.3. The van der Waals surface area contributed by atoms with Gasteiger partial charge in [0.1, 0.15) is 5.58 Å². The number of furan rings is 2. The van der Waals surface area contributed by atoms with E-state index in [4.69, 9.17) is 8.83 Å². The average molecular weight is 271 g/mol. The number of aliphatic hydroxyl groups excluding tert-OH is 1. The Balaban J connectivity index is 1.67. The summed E-state index contributed by atoms with van der Waals surface area (Å²) in [6, 6.07) is 10.7. The van der Waals surface area contributed by atoms with E-state index in [-0.39, 0.29) is 18.2 Å². The number of benzene rings is 1. The van der Waals surface area contributed by atoms with Crippen molar-refractivity contribution in [3.8, 4) is 0 Å². The predicted octanol–water partition coefficient (Wildman–Crippen LogP) is 2.49. The van der Waals surface area contributed by atoms with Crippen LogP contribution in [-0.2, 0) is 0 Å². The van der Waals surface area contributed by atoms with Gasteiger partial charge >= 0.3 is 0 Å². The molecule has 0 spiro atoms. The summed E-state index contributed by atoms with van der Waals surface area (Å²) in [5.74, 6) is -0.130. The first-order valence-corrected chi connectivity index (χ1v) is 6.21. The zero-order valence-corrected chi connectivity index (χ0v) is 10.6. The van der Waals surface area contributed by atoms with Crippen LogP contribution in [0.2, 0.25) is 0 Å². The van der Waals surface area contributed by atoms with Gasteiger partial charge in [0.25, 0.3) is 5.91 Å². The second-order valence-corrected chi connectivity index (χ2v) is 4.43. The van der Waals surface area contributed by atoms with Crippen LogP contribution in [0.5, 0.6) is 0 Å². The van der Waals surface area contributed by atoms with Crippen LogP contribution < -0.4 is 5.32 Å². The van der Waals surface area contributed by atoms with Gasteiger partial charge in [0.15, 0.2) is 5.76 Å². The van der Waals surface area contributed by atoms with E-state index < -0.39 is 6.10 Å². The van der Waals surface area contributed by atoms with Gasteiger partial charge in [0.05, 0.1) is 18.6 Å². The number of carbonyl (C=O) groups is 1. The summed E-state index contributed by atoms with van der Waals surface area (Å²) in [5.41, 5.74) is 1.28. The van der Waals surface area contributed by atoms with Crippen LogP contribution in [0.25, 0.3) is 11.0 Å². The van der Waals surface area contributed by atoms with Gasteiger partial charge < -0.3 is 19.3 Å². The number of aliphatic hydroxyl groups is 1. The lowest BCUT2D eigenvalue weighted by atomic mass is 10.2. The minimum Gasteiger partial charge on any atom is -0.472 e. The minimum absolute atomic E-state index is 0.0927. The van der Waals surface area contributed by atoms with Crippen LogP contribution in [0.1, 0.15) is 22.2 Å². The Morgan fingerprint density at radius 1 is 1.30 bits per heavy atom. The molecule has 0 radical (unpaired) electrons. The van der Waals surface area contributed by atoms with E-state index in [0.717, 1.165) is 5.39 Å². The number of rotatable bonds is 4. The highest BCUT2D eigenvalue weighted by molar-refractivity contribution is 5.96. The molecular weight excluding hydrogens is 258 g/mol. The van der Waals surface area contributed by atoms with Gasteiger partial charge in [-0.15, -0.1) is 0 Å². The topological polar surface area (TPSA) is 75.6 Å². The summed E-state index contributed by atoms with van der Waals surface area (Å²) >= 11 is 0. The Labute approximate surface area is 114 Å². The normalized spacial score (nSPS) is 12.4. The Bertz CT molecular complexity index is 681. The van der Waals surface area contributed by atoms with E-state index >= 15 is 0 Å². The second kappa shape index (κ2) is 5.22. The lowest BCUT2D eigenvalue weighted by molar-refractivity contribution is 0.0891. The van der Waals surface area contributed by atoms with Gasteiger partial charge in [-0.1, -0.05) is 18.2 Å². The predicted molar refractivity (Wildman–Crippen MR) is 72.2 cm³/mol. The molecule has 0 saturated heterocycles. The molecule has 1 aromatic carbocycles. The second-order valence-electron chi connectivity index (χ2n) is 4.43. The van der Waals surface area contributed by atoms with Gasteiger partial charge in [0, 0.05) is 17.5 Å². The Kier molecular flexibility index (Phi) is 3.26. The molecule has 2 N–H and O–H groups in total. The quantitative estimate of drug-likeness (QED) is 0.764. The van der Waals surface area contributed by atoms with E-state index in [1.165, 1.54) is 12.5 Å². The molecule has 1 amide bonds. The molecule has 0 aliphatic rings. The van der Waals surface area contributed by atoms with Gasteiger partial charge in [0.2, 0.25) is 0 Å². The molecule has 1 atom stereocenters. The van der Waals surface area contributed by atoms with Crippen LogP contribution in [0.4, 0.5) is 0 Å². The summed E-state index contributed by atoms with van der Waals surface area (Å²) in [7, 11) is 0. The Hall–Kier alpha value is -2.53. The molecule has 5 nitrogen and oxygen atoms in total. The van der Waals surface area contributed by atoms with Gasteiger partial charge in [-0.25, -0.2) is 0 Å². The van der Waals surface area contributed by atoms with Gasteiger partial charge in [-0.2, -0.15) is 0 Å². The molecule has 5 heteroatoms. The molecule has 0 unspecified atom stereocenters. The Morgan fingerprint density at radius 2 is 2.15 bits per heavy atom. The third-order valence-electron chi connectivity index (χ3n) is 3.03. The van der Waals surface area contributed by atoms with Gasteiger partial charge in [-0.3, -0.25) is 4.79 Å². The van der Waals surface area contributed by atoms with Crippen LogP contribution in [-0.4, -0.2) is 17.6 Å². The number of amides is 1. The Morgan fingerprint density at radius 3 is 2.90 bits per heavy atom. The zero-order valence-electron chi connectivity index (χ0n) is 10.6. The van der Waals surface area contributed by atoms with Crippen molar-refractivity contribution < 1.29 is 18.7 Å². The molecule has 0 aliphatic carbocycles. The third kappa shape index (κ3) is 2.44. The van der Waals surface area contributed by atoms with Crippen molar-refractivity contribution in [2.24, 2.45) is 0 Å². The average Bonchev–Trinajstić information content (AvgIpc) is 3.12. The zero-order chi connectivity index (χ0) is 13.9. The summed E-state index contributed by atoms with van der Waals surface area (Å²) in [4.78, 5) is 11.9. The first kappa shape index (κ1) is 12.5. The SMILES string of the molecule is O=C(NC[C@@H](O)c1ccoc1)c1cc2ccccc2o1. The van der Waals surface area contributed by atoms with Crippen molar-refractivity contribution in [2.45, 2.75) is 6.10 Å². The highest BCUT2D eigenvalue weighted by Crippen LogP contribution is 2.19. The third-order valence-corrected chi connectivity index (χ3v) is 3.03. The van der Waals surface area contributed by atoms with E-state index in [1.54, 1.807) is 18.2 Å². The summed E-state index contributed by atoms with van der Waals surface area (Å²) in [6.07, 6.45) is 2.11. The largest absolute Gasteiger partial charge is 0.472 e. The first-order valence-electron chi connectivity index (χ1n) is 6.21. The highest BCUT2D eigenvalue weighted by Gasteiger charge is 2.14. The summed E-state index contributed by atoms with van der Waals surface area (Å²) < 4.78 is 10.3.